The first-order valence-electron chi connectivity index (χ1n) is 13.3. The third-order valence-corrected chi connectivity index (χ3v) is 8.17. The molecule has 3 atom stereocenters. The van der Waals surface area contributed by atoms with Gasteiger partial charge in [0.15, 0.2) is 5.65 Å². The number of carbonyl (C=O) groups excluding carboxylic acids is 1. The topological polar surface area (TPSA) is 131 Å². The number of nitrogens with zero attached hydrogens (tertiary/aromatic N) is 7. The number of amides is 1. The monoisotopic (exact) mass is 577 g/mol. The Morgan fingerprint density at radius 1 is 1.02 bits per heavy atom. The van der Waals surface area contributed by atoms with Gasteiger partial charge in [-0.05, 0) is 49.9 Å². The van der Waals surface area contributed by atoms with E-state index >= 15 is 0 Å². The quantitative estimate of drug-likeness (QED) is 0.292. The Kier molecular flexibility index (Phi) is 5.95. The molecule has 0 spiro atoms. The normalized spacial score (nSPS) is 20.4. The number of anilines is 1. The van der Waals surface area contributed by atoms with E-state index in [0.717, 1.165) is 43.5 Å². The maximum atomic E-state index is 14.5. The Balaban J connectivity index is 1.16. The molecule has 1 aromatic carbocycles. The van der Waals surface area contributed by atoms with Crippen LogP contribution in [0.4, 0.5) is 23.4 Å². The second-order valence-electron chi connectivity index (χ2n) is 10.6. The molecule has 2 bridgehead atoms. The van der Waals surface area contributed by atoms with Crippen LogP contribution in [-0.4, -0.2) is 57.7 Å². The van der Waals surface area contributed by atoms with Gasteiger partial charge in [-0.15, -0.1) is 10.2 Å². The molecule has 5 aromatic rings. The summed E-state index contributed by atoms with van der Waals surface area (Å²) in [5.74, 6) is -0.433. The van der Waals surface area contributed by atoms with Crippen molar-refractivity contribution in [3.63, 3.8) is 0 Å². The minimum Gasteiger partial charge on any atom is -0.384 e. The molecule has 42 heavy (non-hydrogen) atoms. The number of alkyl halides is 3. The van der Waals surface area contributed by atoms with Crippen LogP contribution in [0.5, 0.6) is 0 Å². The summed E-state index contributed by atoms with van der Waals surface area (Å²) >= 11 is 0. The molecule has 0 aliphatic carbocycles. The summed E-state index contributed by atoms with van der Waals surface area (Å²) in [5, 5.41) is 12.0. The van der Waals surface area contributed by atoms with Crippen LogP contribution in [0.15, 0.2) is 55.1 Å². The van der Waals surface area contributed by atoms with Crippen LogP contribution in [0.2, 0.25) is 0 Å². The summed E-state index contributed by atoms with van der Waals surface area (Å²) in [4.78, 5) is 27.0. The standard InChI is InChI=1S/C28H23F4N9O/c29-21-9-16(28(30,31)32)2-5-19(21)22-6-1-14(11-34-22)20-12-37-41-24(33)10-23(38-26(20)41)15-7-17-3-4-18(8-15)40(17)27(42)25-35-13-36-39-25/h1-2,5-6,9-13,15,17-18H,3-4,7-8,33H2,(H,35,36,39)/t15-,17+,18-. The van der Waals surface area contributed by atoms with Gasteiger partial charge in [-0.2, -0.15) is 22.8 Å². The molecule has 2 aliphatic rings. The molecule has 0 unspecified atom stereocenters. The fourth-order valence-electron chi connectivity index (χ4n) is 6.21. The zero-order valence-corrected chi connectivity index (χ0v) is 21.9. The molecule has 10 nitrogen and oxygen atoms in total. The first-order chi connectivity index (χ1) is 20.2. The van der Waals surface area contributed by atoms with E-state index in [2.05, 4.69) is 25.3 Å². The molecule has 6 heterocycles. The van der Waals surface area contributed by atoms with Crippen LogP contribution in [0, 0.1) is 5.82 Å². The molecular formula is C28H23F4N9O. The Morgan fingerprint density at radius 3 is 2.45 bits per heavy atom. The summed E-state index contributed by atoms with van der Waals surface area (Å²) in [5.41, 5.74) is 8.08. The number of fused-ring (bicyclic) bond motifs is 3. The predicted octanol–water partition coefficient (Wildman–Crippen LogP) is 4.87. The molecule has 14 heteroatoms. The van der Waals surface area contributed by atoms with E-state index in [1.165, 1.54) is 23.1 Å². The van der Waals surface area contributed by atoms with Crippen molar-refractivity contribution in [3.05, 3.63) is 78.0 Å². The summed E-state index contributed by atoms with van der Waals surface area (Å²) < 4.78 is 54.8. The van der Waals surface area contributed by atoms with Crippen LogP contribution in [0.25, 0.3) is 28.0 Å². The molecule has 0 radical (unpaired) electrons. The van der Waals surface area contributed by atoms with E-state index in [-0.39, 0.29) is 41.0 Å². The SMILES string of the molecule is Nc1cc([C@H]2C[C@H]3CC[C@@H](C2)N3C(=O)c2nnc[nH]2)nc2c(-c3ccc(-c4ccc(C(F)(F)F)cc4F)nc3)cnn12. The van der Waals surface area contributed by atoms with Crippen LogP contribution in [0.3, 0.4) is 0 Å². The average molecular weight is 578 g/mol. The van der Waals surface area contributed by atoms with Crippen LogP contribution in [0.1, 0.15) is 53.5 Å². The average Bonchev–Trinajstić information content (AvgIpc) is 3.71. The lowest BCUT2D eigenvalue weighted by Gasteiger charge is -2.38. The van der Waals surface area contributed by atoms with E-state index < -0.39 is 17.6 Å². The third kappa shape index (κ3) is 4.33. The summed E-state index contributed by atoms with van der Waals surface area (Å²) in [7, 11) is 0. The van der Waals surface area contributed by atoms with Gasteiger partial charge >= 0.3 is 6.18 Å². The molecular weight excluding hydrogens is 554 g/mol. The number of nitrogen functional groups attached to an aromatic ring is 1. The fraction of sp³-hybridized carbons (Fsp3) is 0.286. The Labute approximate surface area is 235 Å². The maximum absolute atomic E-state index is 14.5. The highest BCUT2D eigenvalue weighted by atomic mass is 19.4. The van der Waals surface area contributed by atoms with Crippen molar-refractivity contribution in [2.75, 3.05) is 5.73 Å². The second-order valence-corrected chi connectivity index (χ2v) is 10.6. The van der Waals surface area contributed by atoms with Crippen LogP contribution in [-0.2, 0) is 6.18 Å². The lowest BCUT2D eigenvalue weighted by molar-refractivity contribution is -0.137. The van der Waals surface area contributed by atoms with Crippen LogP contribution < -0.4 is 5.73 Å². The molecule has 2 fully saturated rings. The number of benzene rings is 1. The zero-order chi connectivity index (χ0) is 29.2. The number of rotatable bonds is 4. The van der Waals surface area contributed by atoms with E-state index in [1.54, 1.807) is 12.3 Å². The number of hydrogen-bond donors (Lipinski definition) is 2. The molecule has 214 valence electrons. The zero-order valence-electron chi connectivity index (χ0n) is 21.9. The summed E-state index contributed by atoms with van der Waals surface area (Å²) in [6.45, 7) is 0. The lowest BCUT2D eigenvalue weighted by Crippen LogP contribution is -2.46. The van der Waals surface area contributed by atoms with Crippen molar-refractivity contribution in [1.29, 1.82) is 0 Å². The summed E-state index contributed by atoms with van der Waals surface area (Å²) in [6, 6.07) is 7.51. The smallest absolute Gasteiger partial charge is 0.384 e. The van der Waals surface area contributed by atoms with Gasteiger partial charge in [0.05, 0.1) is 17.5 Å². The number of carbonyl (C=O) groups is 1. The number of H-pyrrole nitrogens is 1. The number of aromatic nitrogens is 7. The number of hydrogen-bond acceptors (Lipinski definition) is 7. The number of halogens is 4. The highest BCUT2D eigenvalue weighted by Gasteiger charge is 2.45. The van der Waals surface area contributed by atoms with Crippen molar-refractivity contribution < 1.29 is 22.4 Å². The van der Waals surface area contributed by atoms with E-state index in [1.807, 2.05) is 11.0 Å². The minimum atomic E-state index is -4.64. The van der Waals surface area contributed by atoms with Gasteiger partial charge in [0.2, 0.25) is 5.82 Å². The Morgan fingerprint density at radius 2 is 1.81 bits per heavy atom. The largest absolute Gasteiger partial charge is 0.416 e. The number of aromatic amines is 1. The van der Waals surface area contributed by atoms with Gasteiger partial charge in [0.1, 0.15) is 18.0 Å². The fourth-order valence-corrected chi connectivity index (χ4v) is 6.21. The molecule has 3 N–H and O–H groups in total. The van der Waals surface area contributed by atoms with E-state index in [4.69, 9.17) is 10.7 Å². The van der Waals surface area contributed by atoms with Gasteiger partial charge < -0.3 is 15.6 Å². The number of nitrogens with one attached hydrogen (secondary N) is 1. The van der Waals surface area contributed by atoms with E-state index in [0.29, 0.717) is 28.7 Å². The summed E-state index contributed by atoms with van der Waals surface area (Å²) in [6.07, 6.45) is 3.13. The number of pyridine rings is 1. The van der Waals surface area contributed by atoms with Gasteiger partial charge in [0, 0.05) is 52.6 Å². The minimum absolute atomic E-state index is 0.0400. The van der Waals surface area contributed by atoms with Gasteiger partial charge in [-0.1, -0.05) is 6.07 Å². The van der Waals surface area contributed by atoms with Gasteiger partial charge in [-0.3, -0.25) is 9.78 Å². The maximum Gasteiger partial charge on any atom is 0.416 e. The lowest BCUT2D eigenvalue weighted by atomic mass is 9.87. The highest BCUT2D eigenvalue weighted by molar-refractivity contribution is 5.91. The molecule has 7 rings (SSSR count). The molecule has 2 aliphatic heterocycles. The molecule has 1 amide bonds. The predicted molar refractivity (Wildman–Crippen MR) is 142 cm³/mol. The third-order valence-electron chi connectivity index (χ3n) is 8.17. The molecule has 2 saturated heterocycles. The number of piperidine rings is 1. The first kappa shape index (κ1) is 26.0. The van der Waals surface area contributed by atoms with Gasteiger partial charge in [0.25, 0.3) is 5.91 Å². The van der Waals surface area contributed by atoms with E-state index in [9.17, 15) is 22.4 Å². The Bertz CT molecular complexity index is 1790. The van der Waals surface area contributed by atoms with Crippen molar-refractivity contribution in [2.45, 2.75) is 49.9 Å². The first-order valence-corrected chi connectivity index (χ1v) is 13.3. The number of nitrogens with two attached hydrogens (primary N) is 1. The highest BCUT2D eigenvalue weighted by Crippen LogP contribution is 2.44. The van der Waals surface area contributed by atoms with Crippen molar-refractivity contribution >= 4 is 17.4 Å². The van der Waals surface area contributed by atoms with Crippen molar-refractivity contribution in [3.8, 4) is 22.4 Å². The van der Waals surface area contributed by atoms with Crippen LogP contribution >= 0.6 is 0 Å². The van der Waals surface area contributed by atoms with Crippen molar-refractivity contribution in [1.82, 2.24) is 39.7 Å². The molecule has 0 saturated carbocycles. The second kappa shape index (κ2) is 9.60. The van der Waals surface area contributed by atoms with Gasteiger partial charge in [-0.25, -0.2) is 9.37 Å². The molecule has 4 aromatic heterocycles. The Hall–Kier alpha value is -4.88. The van der Waals surface area contributed by atoms with Crippen molar-refractivity contribution in [2.24, 2.45) is 0 Å².